The number of rotatable bonds is 4. The van der Waals surface area contributed by atoms with Gasteiger partial charge in [-0.1, -0.05) is 0 Å². The Hall–Kier alpha value is -1.63. The van der Waals surface area contributed by atoms with Gasteiger partial charge < -0.3 is 20.9 Å². The number of anilines is 2. The van der Waals surface area contributed by atoms with Gasteiger partial charge in [-0.05, 0) is 63.6 Å². The number of hydrogen-bond donors (Lipinski definition) is 2. The fraction of sp³-hybridized carbons (Fsp3) is 0.722. The van der Waals surface area contributed by atoms with Crippen molar-refractivity contribution in [1.29, 1.82) is 0 Å². The third-order valence-electron chi connectivity index (χ3n) is 5.51. The van der Waals surface area contributed by atoms with Crippen LogP contribution in [-0.4, -0.2) is 53.2 Å². The summed E-state index contributed by atoms with van der Waals surface area (Å²) in [6.45, 7) is 0. The second-order valence-electron chi connectivity index (χ2n) is 7.50. The van der Waals surface area contributed by atoms with Crippen molar-refractivity contribution in [1.82, 2.24) is 14.9 Å². The molecular formula is C18H30N6S. The predicted molar refractivity (Wildman–Crippen MR) is 107 cm³/mol. The van der Waals surface area contributed by atoms with Gasteiger partial charge in [0, 0.05) is 38.8 Å². The molecule has 25 heavy (non-hydrogen) atoms. The number of nitrogens with two attached hydrogens (primary N) is 1. The average molecular weight is 363 g/mol. The second-order valence-corrected chi connectivity index (χ2v) is 7.91. The summed E-state index contributed by atoms with van der Waals surface area (Å²) in [6, 6.07) is 0.880. The Morgan fingerprint density at radius 1 is 1.08 bits per heavy atom. The highest BCUT2D eigenvalue weighted by atomic mass is 32.1. The molecule has 138 valence electrons. The van der Waals surface area contributed by atoms with Crippen LogP contribution in [0.25, 0.3) is 0 Å². The minimum Gasteiger partial charge on any atom is -0.376 e. The summed E-state index contributed by atoms with van der Waals surface area (Å²) in [5, 5.41) is 4.07. The fourth-order valence-corrected chi connectivity index (χ4v) is 4.13. The number of thiocarbonyl (C=S) groups is 1. The van der Waals surface area contributed by atoms with Gasteiger partial charge in [0.25, 0.3) is 0 Å². The molecule has 0 unspecified atom stereocenters. The van der Waals surface area contributed by atoms with Crippen LogP contribution in [-0.2, 0) is 12.8 Å². The van der Waals surface area contributed by atoms with Gasteiger partial charge in [-0.3, -0.25) is 0 Å². The van der Waals surface area contributed by atoms with Gasteiger partial charge in [0.2, 0.25) is 5.95 Å². The largest absolute Gasteiger partial charge is 0.376 e. The molecular weight excluding hydrogens is 332 g/mol. The van der Waals surface area contributed by atoms with Crippen molar-refractivity contribution in [3.05, 3.63) is 11.3 Å². The number of aromatic nitrogens is 2. The highest BCUT2D eigenvalue weighted by molar-refractivity contribution is 7.80. The third-order valence-corrected chi connectivity index (χ3v) is 5.80. The van der Waals surface area contributed by atoms with Crippen LogP contribution in [0.4, 0.5) is 11.8 Å². The summed E-state index contributed by atoms with van der Waals surface area (Å²) >= 11 is 5.09. The molecule has 7 heteroatoms. The molecule has 0 radical (unpaired) electrons. The van der Waals surface area contributed by atoms with Crippen LogP contribution in [0.15, 0.2) is 0 Å². The minimum absolute atomic E-state index is 0.424. The zero-order chi connectivity index (χ0) is 18.0. The van der Waals surface area contributed by atoms with E-state index in [2.05, 4.69) is 24.3 Å². The number of fused-ring (bicyclic) bond motifs is 1. The van der Waals surface area contributed by atoms with Gasteiger partial charge in [0.05, 0.1) is 5.69 Å². The molecule has 3 rings (SSSR count). The molecule has 1 aromatic heterocycles. The molecule has 6 nitrogen and oxygen atoms in total. The lowest BCUT2D eigenvalue weighted by atomic mass is 9.90. The Morgan fingerprint density at radius 3 is 2.40 bits per heavy atom. The molecule has 0 bridgehead atoms. The lowest BCUT2D eigenvalue weighted by Gasteiger charge is -2.35. The van der Waals surface area contributed by atoms with E-state index in [9.17, 15) is 0 Å². The molecule has 0 aliphatic heterocycles. The quantitative estimate of drug-likeness (QED) is 0.797. The molecule has 2 aliphatic carbocycles. The molecule has 2 aliphatic rings. The molecule has 1 saturated carbocycles. The van der Waals surface area contributed by atoms with Crippen molar-refractivity contribution in [3.8, 4) is 0 Å². The molecule has 0 atom stereocenters. The van der Waals surface area contributed by atoms with Crippen LogP contribution in [0.1, 0.15) is 49.8 Å². The van der Waals surface area contributed by atoms with E-state index in [1.54, 1.807) is 0 Å². The highest BCUT2D eigenvalue weighted by Crippen LogP contribution is 2.29. The summed E-state index contributed by atoms with van der Waals surface area (Å²) in [6.07, 6.45) is 9.01. The molecule has 0 amide bonds. The van der Waals surface area contributed by atoms with Gasteiger partial charge in [-0.2, -0.15) is 4.98 Å². The fourth-order valence-electron chi connectivity index (χ4n) is 3.98. The van der Waals surface area contributed by atoms with Crippen molar-refractivity contribution >= 4 is 29.1 Å². The van der Waals surface area contributed by atoms with Crippen LogP contribution in [0, 0.1) is 0 Å². The molecule has 1 aromatic rings. The van der Waals surface area contributed by atoms with Gasteiger partial charge in [0.1, 0.15) is 5.82 Å². The first-order chi connectivity index (χ1) is 12.0. The summed E-state index contributed by atoms with van der Waals surface area (Å²) in [5.74, 6) is 1.87. The summed E-state index contributed by atoms with van der Waals surface area (Å²) in [4.78, 5) is 13.8. The summed E-state index contributed by atoms with van der Waals surface area (Å²) < 4.78 is 0. The Kier molecular flexibility index (Phi) is 5.61. The van der Waals surface area contributed by atoms with E-state index in [1.807, 2.05) is 11.9 Å². The zero-order valence-electron chi connectivity index (χ0n) is 15.6. The van der Waals surface area contributed by atoms with E-state index in [4.69, 9.17) is 27.9 Å². The molecule has 1 heterocycles. The number of nitrogens with one attached hydrogen (secondary N) is 1. The van der Waals surface area contributed by atoms with E-state index in [0.29, 0.717) is 17.2 Å². The summed E-state index contributed by atoms with van der Waals surface area (Å²) in [7, 11) is 6.13. The maximum atomic E-state index is 5.75. The monoisotopic (exact) mass is 362 g/mol. The van der Waals surface area contributed by atoms with Crippen LogP contribution in [0.3, 0.4) is 0 Å². The van der Waals surface area contributed by atoms with Crippen molar-refractivity contribution in [3.63, 3.8) is 0 Å². The molecule has 0 spiro atoms. The first-order valence-electron chi connectivity index (χ1n) is 9.31. The normalized spacial score (nSPS) is 22.8. The standard InChI is InChI=1S/C18H30N6S/c1-23(2)16-14-6-4-5-7-15(14)21-18(22-16)20-12-8-10-13(11-9-12)24(3)17(19)25/h12-13H,4-11H2,1-3H3,(H2,19,25)(H,20,21,22). The molecule has 0 saturated heterocycles. The lowest BCUT2D eigenvalue weighted by Crippen LogP contribution is -2.43. The first kappa shape index (κ1) is 18.2. The van der Waals surface area contributed by atoms with E-state index in [0.717, 1.165) is 50.3 Å². The lowest BCUT2D eigenvalue weighted by molar-refractivity contribution is 0.269. The van der Waals surface area contributed by atoms with Crippen LogP contribution in [0.5, 0.6) is 0 Å². The van der Waals surface area contributed by atoms with E-state index < -0.39 is 0 Å². The SMILES string of the molecule is CN(C)c1nc(NC2CCC(N(C)C(N)=S)CC2)nc2c1CCCC2. The van der Waals surface area contributed by atoms with Crippen molar-refractivity contribution in [2.24, 2.45) is 5.73 Å². The Balaban J connectivity index is 1.68. The Morgan fingerprint density at radius 2 is 1.76 bits per heavy atom. The van der Waals surface area contributed by atoms with Crippen molar-refractivity contribution in [2.45, 2.75) is 63.5 Å². The first-order valence-corrected chi connectivity index (χ1v) is 9.72. The number of hydrogen-bond acceptors (Lipinski definition) is 5. The second kappa shape index (κ2) is 7.72. The van der Waals surface area contributed by atoms with Crippen LogP contribution >= 0.6 is 12.2 Å². The van der Waals surface area contributed by atoms with E-state index >= 15 is 0 Å². The van der Waals surface area contributed by atoms with Gasteiger partial charge in [-0.25, -0.2) is 4.98 Å². The zero-order valence-corrected chi connectivity index (χ0v) is 16.4. The molecule has 1 fully saturated rings. The predicted octanol–water partition coefficient (Wildman–Crippen LogP) is 2.32. The van der Waals surface area contributed by atoms with Gasteiger partial charge in [-0.15, -0.1) is 0 Å². The Bertz CT molecular complexity index is 624. The topological polar surface area (TPSA) is 70.3 Å². The number of nitrogens with zero attached hydrogens (tertiary/aromatic N) is 4. The molecule has 0 aromatic carbocycles. The minimum atomic E-state index is 0.424. The van der Waals surface area contributed by atoms with Gasteiger partial charge in [0.15, 0.2) is 5.11 Å². The number of aryl methyl sites for hydroxylation is 1. The molecule has 3 N–H and O–H groups in total. The van der Waals surface area contributed by atoms with Crippen molar-refractivity contribution in [2.75, 3.05) is 31.4 Å². The van der Waals surface area contributed by atoms with Crippen molar-refractivity contribution < 1.29 is 0 Å². The van der Waals surface area contributed by atoms with E-state index in [1.165, 1.54) is 24.1 Å². The Labute approximate surface area is 156 Å². The summed E-state index contributed by atoms with van der Waals surface area (Å²) in [5.41, 5.74) is 8.32. The highest BCUT2D eigenvalue weighted by Gasteiger charge is 2.26. The van der Waals surface area contributed by atoms with Crippen LogP contribution < -0.4 is 16.0 Å². The van der Waals surface area contributed by atoms with Crippen LogP contribution in [0.2, 0.25) is 0 Å². The third kappa shape index (κ3) is 4.14. The maximum Gasteiger partial charge on any atom is 0.225 e. The maximum absolute atomic E-state index is 5.75. The van der Waals surface area contributed by atoms with Gasteiger partial charge >= 0.3 is 0 Å². The average Bonchev–Trinajstić information content (AvgIpc) is 2.61. The smallest absolute Gasteiger partial charge is 0.225 e. The van der Waals surface area contributed by atoms with E-state index in [-0.39, 0.29) is 0 Å².